The number of aryl methyl sites for hydroxylation is 1. The molecule has 1 aromatic carbocycles. The van der Waals surface area contributed by atoms with Crippen molar-refractivity contribution in [2.45, 2.75) is 26.7 Å². The third-order valence-corrected chi connectivity index (χ3v) is 4.15. The van der Waals surface area contributed by atoms with E-state index < -0.39 is 0 Å². The van der Waals surface area contributed by atoms with Gasteiger partial charge in [0.05, 0.1) is 29.9 Å². The number of nitrogens with zero attached hydrogens (tertiary/aromatic N) is 2. The average Bonchev–Trinajstić information content (AvgIpc) is 2.91. The maximum atomic E-state index is 11.8. The van der Waals surface area contributed by atoms with E-state index in [0.717, 1.165) is 32.9 Å². The summed E-state index contributed by atoms with van der Waals surface area (Å²) in [5.74, 6) is 0.542. The van der Waals surface area contributed by atoms with Crippen molar-refractivity contribution in [1.29, 1.82) is 0 Å². The molecule has 1 N–H and O–H groups in total. The number of aromatic nitrogens is 1. The van der Waals surface area contributed by atoms with Crippen LogP contribution in [0.15, 0.2) is 33.2 Å². The van der Waals surface area contributed by atoms with Crippen LogP contribution in [0.1, 0.15) is 29.6 Å². The van der Waals surface area contributed by atoms with Crippen molar-refractivity contribution in [3.63, 3.8) is 0 Å². The molecule has 23 heavy (non-hydrogen) atoms. The normalized spacial score (nSPS) is 10.9. The SMILES string of the molecule is CCCOc1ccc(Br)cc1/C=N\NC(=O)Cc1csc(C)n1. The second-order valence-corrected chi connectivity index (χ2v) is 6.84. The first kappa shape index (κ1) is 17.6. The predicted octanol–water partition coefficient (Wildman–Crippen LogP) is 3.70. The van der Waals surface area contributed by atoms with Crippen molar-refractivity contribution in [1.82, 2.24) is 10.4 Å². The van der Waals surface area contributed by atoms with E-state index in [0.29, 0.717) is 6.61 Å². The van der Waals surface area contributed by atoms with Crippen molar-refractivity contribution < 1.29 is 9.53 Å². The summed E-state index contributed by atoms with van der Waals surface area (Å²) >= 11 is 4.95. The molecule has 0 aliphatic heterocycles. The monoisotopic (exact) mass is 395 g/mol. The molecule has 122 valence electrons. The zero-order valence-electron chi connectivity index (χ0n) is 13.0. The minimum atomic E-state index is -0.197. The number of ether oxygens (including phenoxy) is 1. The zero-order valence-corrected chi connectivity index (χ0v) is 15.4. The lowest BCUT2D eigenvalue weighted by Gasteiger charge is -2.08. The molecule has 0 aliphatic carbocycles. The molecule has 0 bridgehead atoms. The fourth-order valence-corrected chi connectivity index (χ4v) is 2.82. The summed E-state index contributed by atoms with van der Waals surface area (Å²) in [5, 5.41) is 6.83. The van der Waals surface area contributed by atoms with Crippen molar-refractivity contribution in [3.8, 4) is 5.75 Å². The van der Waals surface area contributed by atoms with Crippen LogP contribution in [0.25, 0.3) is 0 Å². The van der Waals surface area contributed by atoms with Crippen molar-refractivity contribution in [3.05, 3.63) is 44.3 Å². The van der Waals surface area contributed by atoms with E-state index in [4.69, 9.17) is 4.74 Å². The molecule has 7 heteroatoms. The number of rotatable bonds is 7. The second-order valence-electron chi connectivity index (χ2n) is 4.86. The molecular formula is C16H18BrN3O2S. The van der Waals surface area contributed by atoms with E-state index in [1.165, 1.54) is 11.3 Å². The van der Waals surface area contributed by atoms with Gasteiger partial charge in [-0.2, -0.15) is 5.10 Å². The first-order chi connectivity index (χ1) is 11.1. The van der Waals surface area contributed by atoms with Crippen molar-refractivity contribution >= 4 is 39.4 Å². The summed E-state index contributed by atoms with van der Waals surface area (Å²) in [5.41, 5.74) is 4.08. The van der Waals surface area contributed by atoms with Gasteiger partial charge in [0.1, 0.15) is 5.75 Å². The fourth-order valence-electron chi connectivity index (χ4n) is 1.83. The molecule has 0 unspecified atom stereocenters. The van der Waals surface area contributed by atoms with Gasteiger partial charge >= 0.3 is 0 Å². The van der Waals surface area contributed by atoms with Crippen molar-refractivity contribution in [2.24, 2.45) is 5.10 Å². The third-order valence-electron chi connectivity index (χ3n) is 2.83. The average molecular weight is 396 g/mol. The number of thiazole rings is 1. The lowest BCUT2D eigenvalue weighted by atomic mass is 10.2. The van der Waals surface area contributed by atoms with Gasteiger partial charge in [0.2, 0.25) is 5.91 Å². The van der Waals surface area contributed by atoms with Gasteiger partial charge < -0.3 is 4.74 Å². The Kier molecular flexibility index (Phi) is 6.73. The van der Waals surface area contributed by atoms with Crippen LogP contribution in [0.4, 0.5) is 0 Å². The molecule has 0 spiro atoms. The van der Waals surface area contributed by atoms with E-state index in [1.807, 2.05) is 37.4 Å². The third kappa shape index (κ3) is 5.76. The summed E-state index contributed by atoms with van der Waals surface area (Å²) in [6.07, 6.45) is 2.73. The van der Waals surface area contributed by atoms with Gasteiger partial charge in [-0.05, 0) is 31.5 Å². The van der Waals surface area contributed by atoms with E-state index in [9.17, 15) is 4.79 Å². The highest BCUT2D eigenvalue weighted by atomic mass is 79.9. The minimum absolute atomic E-state index is 0.197. The molecule has 1 heterocycles. The number of hydrogen-bond acceptors (Lipinski definition) is 5. The van der Waals surface area contributed by atoms with Crippen LogP contribution in [0, 0.1) is 6.92 Å². The summed E-state index contributed by atoms with van der Waals surface area (Å²) in [6, 6.07) is 5.68. The maximum Gasteiger partial charge on any atom is 0.246 e. The Morgan fingerprint density at radius 2 is 2.35 bits per heavy atom. The molecule has 5 nitrogen and oxygen atoms in total. The van der Waals surface area contributed by atoms with Gasteiger partial charge in [0, 0.05) is 15.4 Å². The number of hydrogen-bond donors (Lipinski definition) is 1. The second kappa shape index (κ2) is 8.79. The number of hydrazone groups is 1. The molecule has 1 amide bonds. The standard InChI is InChI=1S/C16H18BrN3O2S/c1-3-6-22-15-5-4-13(17)7-12(15)9-18-20-16(21)8-14-10-23-11(2)19-14/h4-5,7,9-10H,3,6,8H2,1-2H3,(H,20,21)/b18-9-. The highest BCUT2D eigenvalue weighted by molar-refractivity contribution is 9.10. The topological polar surface area (TPSA) is 63.6 Å². The number of carbonyl (C=O) groups excluding carboxylic acids is 1. The van der Waals surface area contributed by atoms with Crippen LogP contribution in [-0.4, -0.2) is 23.7 Å². The van der Waals surface area contributed by atoms with Crippen LogP contribution in [0.2, 0.25) is 0 Å². The van der Waals surface area contributed by atoms with Gasteiger partial charge in [-0.25, -0.2) is 10.4 Å². The van der Waals surface area contributed by atoms with Gasteiger partial charge in [-0.15, -0.1) is 11.3 Å². The summed E-state index contributed by atoms with van der Waals surface area (Å²) in [4.78, 5) is 16.1. The fraction of sp³-hybridized carbons (Fsp3) is 0.312. The Morgan fingerprint density at radius 3 is 3.04 bits per heavy atom. The first-order valence-corrected chi connectivity index (χ1v) is 8.91. The van der Waals surface area contributed by atoms with Gasteiger partial charge in [-0.1, -0.05) is 22.9 Å². The quantitative estimate of drug-likeness (QED) is 0.574. The number of benzene rings is 1. The molecule has 0 fully saturated rings. The molecule has 0 saturated carbocycles. The zero-order chi connectivity index (χ0) is 16.7. The van der Waals surface area contributed by atoms with E-state index in [-0.39, 0.29) is 12.3 Å². The van der Waals surface area contributed by atoms with Gasteiger partial charge in [-0.3, -0.25) is 4.79 Å². The highest BCUT2D eigenvalue weighted by Crippen LogP contribution is 2.22. The summed E-state index contributed by atoms with van der Waals surface area (Å²) in [7, 11) is 0. The number of carbonyl (C=O) groups is 1. The Labute approximate surface area is 147 Å². The molecule has 1 aromatic heterocycles. The number of nitrogens with one attached hydrogen (secondary N) is 1. The molecule has 2 rings (SSSR count). The lowest BCUT2D eigenvalue weighted by molar-refractivity contribution is -0.120. The van der Waals surface area contributed by atoms with Crippen LogP contribution >= 0.6 is 27.3 Å². The summed E-state index contributed by atoms with van der Waals surface area (Å²) in [6.45, 7) is 4.60. The first-order valence-electron chi connectivity index (χ1n) is 7.23. The Balaban J connectivity index is 1.96. The number of amides is 1. The largest absolute Gasteiger partial charge is 0.493 e. The summed E-state index contributed by atoms with van der Waals surface area (Å²) < 4.78 is 6.59. The Bertz CT molecular complexity index is 700. The molecule has 0 saturated heterocycles. The predicted molar refractivity (Wildman–Crippen MR) is 96.2 cm³/mol. The molecule has 0 atom stereocenters. The van der Waals surface area contributed by atoms with Gasteiger partial charge in [0.25, 0.3) is 0 Å². The smallest absolute Gasteiger partial charge is 0.246 e. The maximum absolute atomic E-state index is 11.8. The van der Waals surface area contributed by atoms with E-state index in [2.05, 4.69) is 31.4 Å². The Hall–Kier alpha value is -1.73. The number of halogens is 1. The van der Waals surface area contributed by atoms with Gasteiger partial charge in [0.15, 0.2) is 0 Å². The van der Waals surface area contributed by atoms with E-state index in [1.54, 1.807) is 6.21 Å². The van der Waals surface area contributed by atoms with Crippen LogP contribution in [0.3, 0.4) is 0 Å². The highest BCUT2D eigenvalue weighted by Gasteiger charge is 2.06. The molecule has 0 aliphatic rings. The molecule has 0 radical (unpaired) electrons. The van der Waals surface area contributed by atoms with Crippen LogP contribution in [0.5, 0.6) is 5.75 Å². The molecular weight excluding hydrogens is 378 g/mol. The van der Waals surface area contributed by atoms with Crippen LogP contribution < -0.4 is 10.2 Å². The molecule has 2 aromatic rings. The Morgan fingerprint density at radius 1 is 1.52 bits per heavy atom. The van der Waals surface area contributed by atoms with E-state index >= 15 is 0 Å². The van der Waals surface area contributed by atoms with Crippen molar-refractivity contribution in [2.75, 3.05) is 6.61 Å². The van der Waals surface area contributed by atoms with Crippen LogP contribution in [-0.2, 0) is 11.2 Å². The minimum Gasteiger partial charge on any atom is -0.493 e. The lowest BCUT2D eigenvalue weighted by Crippen LogP contribution is -2.20.